The number of fused-ring (bicyclic) bond motifs is 1. The van der Waals surface area contributed by atoms with Gasteiger partial charge in [-0.2, -0.15) is 0 Å². The van der Waals surface area contributed by atoms with Gasteiger partial charge in [-0.05, 0) is 80.0 Å². The summed E-state index contributed by atoms with van der Waals surface area (Å²) in [4.78, 5) is 27.3. The summed E-state index contributed by atoms with van der Waals surface area (Å²) >= 11 is 1.54. The molecule has 0 aliphatic heterocycles. The molecular weight excluding hydrogens is 392 g/mol. The molecule has 5 heteroatoms. The number of hydrogen-bond donors (Lipinski definition) is 2. The number of carbonyl (C=O) groups is 2. The van der Waals surface area contributed by atoms with Gasteiger partial charge < -0.3 is 10.6 Å². The predicted octanol–water partition coefficient (Wildman–Crippen LogP) is 5.99. The summed E-state index contributed by atoms with van der Waals surface area (Å²) in [5.41, 5.74) is 5.37. The third-order valence-electron chi connectivity index (χ3n) is 5.77. The van der Waals surface area contributed by atoms with Gasteiger partial charge in [0.05, 0.1) is 5.56 Å². The molecule has 0 saturated heterocycles. The first-order chi connectivity index (χ1) is 14.4. The van der Waals surface area contributed by atoms with Gasteiger partial charge in [0.25, 0.3) is 11.8 Å². The minimum Gasteiger partial charge on any atom is -0.322 e. The van der Waals surface area contributed by atoms with E-state index in [1.165, 1.54) is 10.4 Å². The topological polar surface area (TPSA) is 58.2 Å². The average molecular weight is 419 g/mol. The largest absolute Gasteiger partial charge is 0.322 e. The van der Waals surface area contributed by atoms with Crippen LogP contribution in [0.3, 0.4) is 0 Å². The Kier molecular flexibility index (Phi) is 5.73. The van der Waals surface area contributed by atoms with Crippen LogP contribution in [0.25, 0.3) is 0 Å². The van der Waals surface area contributed by atoms with E-state index in [0.29, 0.717) is 22.0 Å². The molecule has 4 rings (SSSR count). The summed E-state index contributed by atoms with van der Waals surface area (Å²) in [6, 6.07) is 15.0. The second-order valence-corrected chi connectivity index (χ2v) is 9.23. The Morgan fingerprint density at radius 1 is 0.967 bits per heavy atom. The fourth-order valence-corrected chi connectivity index (χ4v) is 5.26. The molecule has 4 nitrogen and oxygen atoms in total. The molecule has 1 atom stereocenters. The van der Waals surface area contributed by atoms with Crippen molar-refractivity contribution in [1.82, 2.24) is 0 Å². The fourth-order valence-electron chi connectivity index (χ4n) is 3.86. The number of rotatable bonds is 4. The lowest BCUT2D eigenvalue weighted by molar-refractivity contribution is 0.102. The van der Waals surface area contributed by atoms with Gasteiger partial charge >= 0.3 is 0 Å². The second kappa shape index (κ2) is 8.44. The van der Waals surface area contributed by atoms with Gasteiger partial charge in [0.1, 0.15) is 5.00 Å². The molecule has 0 bridgehead atoms. The fraction of sp³-hybridized carbons (Fsp3) is 0.280. The maximum absolute atomic E-state index is 13.3. The van der Waals surface area contributed by atoms with Crippen LogP contribution in [0, 0.1) is 19.8 Å². The van der Waals surface area contributed by atoms with E-state index in [1.54, 1.807) is 23.5 Å². The highest BCUT2D eigenvalue weighted by Crippen LogP contribution is 2.40. The van der Waals surface area contributed by atoms with Crippen LogP contribution in [0.2, 0.25) is 0 Å². The average Bonchev–Trinajstić information content (AvgIpc) is 3.08. The molecule has 0 radical (unpaired) electrons. The summed E-state index contributed by atoms with van der Waals surface area (Å²) in [6.45, 7) is 6.32. The van der Waals surface area contributed by atoms with Crippen LogP contribution >= 0.6 is 11.3 Å². The first-order valence-corrected chi connectivity index (χ1v) is 11.1. The van der Waals surface area contributed by atoms with Crippen molar-refractivity contribution in [2.45, 2.75) is 40.0 Å². The van der Waals surface area contributed by atoms with Crippen molar-refractivity contribution in [2.24, 2.45) is 5.92 Å². The van der Waals surface area contributed by atoms with E-state index in [-0.39, 0.29) is 11.8 Å². The molecule has 2 N–H and O–H groups in total. The van der Waals surface area contributed by atoms with Crippen LogP contribution in [-0.4, -0.2) is 11.8 Å². The molecule has 30 heavy (non-hydrogen) atoms. The van der Waals surface area contributed by atoms with E-state index in [0.717, 1.165) is 36.1 Å². The Morgan fingerprint density at radius 3 is 2.47 bits per heavy atom. The third-order valence-corrected chi connectivity index (χ3v) is 6.94. The van der Waals surface area contributed by atoms with Crippen molar-refractivity contribution in [1.29, 1.82) is 0 Å². The number of amides is 2. The van der Waals surface area contributed by atoms with Gasteiger partial charge in [-0.25, -0.2) is 0 Å². The van der Waals surface area contributed by atoms with Crippen molar-refractivity contribution in [3.63, 3.8) is 0 Å². The van der Waals surface area contributed by atoms with Gasteiger partial charge in [-0.3, -0.25) is 9.59 Å². The number of anilines is 2. The highest BCUT2D eigenvalue weighted by molar-refractivity contribution is 7.17. The number of aryl methyl sites for hydroxylation is 2. The highest BCUT2D eigenvalue weighted by atomic mass is 32.1. The molecule has 154 valence electrons. The molecule has 2 aromatic carbocycles. The molecule has 1 aliphatic rings. The lowest BCUT2D eigenvalue weighted by atomic mass is 9.88. The van der Waals surface area contributed by atoms with E-state index in [2.05, 4.69) is 24.5 Å². The molecule has 0 saturated carbocycles. The molecule has 1 heterocycles. The predicted molar refractivity (Wildman–Crippen MR) is 124 cm³/mol. The standard InChI is InChI=1S/C25H26N2O2S/c1-15-9-12-20-21(13-15)30-25(27-23(28)18-7-5-4-6-8-18)22(20)24(29)26-19-11-10-16(2)17(3)14-19/h4-8,10-11,14-15H,9,12-13H2,1-3H3,(H,26,29)(H,27,28)/t15-/m1/s1. The Morgan fingerprint density at radius 2 is 1.73 bits per heavy atom. The minimum absolute atomic E-state index is 0.159. The first-order valence-electron chi connectivity index (χ1n) is 10.3. The molecule has 3 aromatic rings. The number of hydrogen-bond acceptors (Lipinski definition) is 3. The summed E-state index contributed by atoms with van der Waals surface area (Å²) in [5.74, 6) is 0.237. The lowest BCUT2D eigenvalue weighted by Gasteiger charge is -2.18. The van der Waals surface area contributed by atoms with Crippen LogP contribution in [0.5, 0.6) is 0 Å². The smallest absolute Gasteiger partial charge is 0.258 e. The van der Waals surface area contributed by atoms with Gasteiger partial charge in [-0.15, -0.1) is 11.3 Å². The van der Waals surface area contributed by atoms with Gasteiger partial charge in [-0.1, -0.05) is 31.2 Å². The van der Waals surface area contributed by atoms with Crippen molar-refractivity contribution < 1.29 is 9.59 Å². The monoisotopic (exact) mass is 418 g/mol. The van der Waals surface area contributed by atoms with Gasteiger partial charge in [0.2, 0.25) is 0 Å². The molecule has 1 aromatic heterocycles. The van der Waals surface area contributed by atoms with Crippen molar-refractivity contribution in [3.8, 4) is 0 Å². The normalized spacial score (nSPS) is 15.4. The van der Waals surface area contributed by atoms with Crippen LogP contribution < -0.4 is 10.6 Å². The molecule has 2 amide bonds. The van der Waals surface area contributed by atoms with E-state index in [1.807, 2.05) is 43.3 Å². The Labute approximate surface area is 181 Å². The van der Waals surface area contributed by atoms with E-state index >= 15 is 0 Å². The SMILES string of the molecule is Cc1ccc(NC(=O)c2c(NC(=O)c3ccccc3)sc3c2CC[C@@H](C)C3)cc1C. The molecule has 0 unspecified atom stereocenters. The van der Waals surface area contributed by atoms with Crippen molar-refractivity contribution >= 4 is 33.8 Å². The quantitative estimate of drug-likeness (QED) is 0.546. The summed E-state index contributed by atoms with van der Waals surface area (Å²) < 4.78 is 0. The van der Waals surface area contributed by atoms with Crippen LogP contribution in [-0.2, 0) is 12.8 Å². The van der Waals surface area contributed by atoms with Gasteiger partial charge in [0.15, 0.2) is 0 Å². The van der Waals surface area contributed by atoms with Crippen LogP contribution in [0.15, 0.2) is 48.5 Å². The van der Waals surface area contributed by atoms with E-state index in [4.69, 9.17) is 0 Å². The summed E-state index contributed by atoms with van der Waals surface area (Å²) in [5, 5.41) is 6.69. The van der Waals surface area contributed by atoms with E-state index < -0.39 is 0 Å². The third kappa shape index (κ3) is 4.17. The molecular formula is C25H26N2O2S. The zero-order chi connectivity index (χ0) is 21.3. The number of benzene rings is 2. The number of thiophene rings is 1. The summed E-state index contributed by atoms with van der Waals surface area (Å²) in [6.07, 6.45) is 2.87. The van der Waals surface area contributed by atoms with E-state index in [9.17, 15) is 9.59 Å². The lowest BCUT2D eigenvalue weighted by Crippen LogP contribution is -2.19. The second-order valence-electron chi connectivity index (χ2n) is 8.13. The zero-order valence-corrected chi connectivity index (χ0v) is 18.4. The zero-order valence-electron chi connectivity index (χ0n) is 17.5. The van der Waals surface area contributed by atoms with Gasteiger partial charge in [0, 0.05) is 16.1 Å². The Hall–Kier alpha value is -2.92. The molecule has 0 fully saturated rings. The summed E-state index contributed by atoms with van der Waals surface area (Å²) in [7, 11) is 0. The highest BCUT2D eigenvalue weighted by Gasteiger charge is 2.28. The number of carbonyl (C=O) groups excluding carboxylic acids is 2. The van der Waals surface area contributed by atoms with Crippen LogP contribution in [0.1, 0.15) is 55.6 Å². The molecule has 1 aliphatic carbocycles. The number of nitrogens with one attached hydrogen (secondary N) is 2. The Bertz CT molecular complexity index is 1100. The maximum atomic E-state index is 13.3. The Balaban J connectivity index is 1.67. The van der Waals surface area contributed by atoms with Crippen molar-refractivity contribution in [3.05, 3.63) is 81.2 Å². The van der Waals surface area contributed by atoms with Crippen molar-refractivity contribution in [2.75, 3.05) is 10.6 Å². The molecule has 0 spiro atoms. The first kappa shape index (κ1) is 20.4. The van der Waals surface area contributed by atoms with Crippen LogP contribution in [0.4, 0.5) is 10.7 Å². The maximum Gasteiger partial charge on any atom is 0.258 e. The minimum atomic E-state index is -0.192.